The summed E-state index contributed by atoms with van der Waals surface area (Å²) in [6, 6.07) is 1.77. The van der Waals surface area contributed by atoms with E-state index in [2.05, 4.69) is 0 Å². The van der Waals surface area contributed by atoms with Crippen molar-refractivity contribution in [1.29, 1.82) is 0 Å². The number of hydrogen-bond donors (Lipinski definition) is 0. The van der Waals surface area contributed by atoms with E-state index in [9.17, 15) is 19.2 Å². The number of carbonyl (C=O) groups is 4. The monoisotopic (exact) mass is 556 g/mol. The molecule has 0 aromatic carbocycles. The molecule has 2 saturated carbocycles. The van der Waals surface area contributed by atoms with Crippen molar-refractivity contribution in [2.75, 3.05) is 0 Å². The van der Waals surface area contributed by atoms with Crippen LogP contribution in [0.5, 0.6) is 0 Å². The Morgan fingerprint density at radius 2 is 1.70 bits per heavy atom. The van der Waals surface area contributed by atoms with Crippen LogP contribution in [-0.4, -0.2) is 53.4 Å². The summed E-state index contributed by atoms with van der Waals surface area (Å²) in [5, 5.41) is 0. The van der Waals surface area contributed by atoms with Gasteiger partial charge in [-0.25, -0.2) is 9.59 Å². The van der Waals surface area contributed by atoms with Gasteiger partial charge in [0.15, 0.2) is 6.10 Å². The Morgan fingerprint density at radius 3 is 2.33 bits per heavy atom. The first-order valence-corrected chi connectivity index (χ1v) is 13.8. The molecule has 0 bridgehead atoms. The fourth-order valence-electron chi connectivity index (χ4n) is 9.62. The standard InChI is InChI=1S/C30H36O10/c1-15(31)36-20-21-26(3,4)39-19(33)9-11-27(21,5)18-8-12-28(6)22(17-10-13-35-14-17)38-25(34)24-30(28,40-24)29(18,7)23(20)37-16(2)32/h9-11,13-14,18,20-24H,8,12H2,1-7H3. The van der Waals surface area contributed by atoms with E-state index >= 15 is 0 Å². The van der Waals surface area contributed by atoms with E-state index in [1.54, 1.807) is 26.2 Å². The molecule has 2 aliphatic carbocycles. The van der Waals surface area contributed by atoms with E-state index in [0.717, 1.165) is 0 Å². The molecular weight excluding hydrogens is 520 g/mol. The zero-order chi connectivity index (χ0) is 29.0. The van der Waals surface area contributed by atoms with Gasteiger partial charge in [-0.15, -0.1) is 0 Å². The lowest BCUT2D eigenvalue weighted by molar-refractivity contribution is -0.290. The van der Waals surface area contributed by atoms with E-state index in [4.69, 9.17) is 28.1 Å². The van der Waals surface area contributed by atoms with Crippen molar-refractivity contribution in [3.05, 3.63) is 36.3 Å². The Hall–Kier alpha value is -3.14. The van der Waals surface area contributed by atoms with Gasteiger partial charge in [0.05, 0.1) is 12.5 Å². The Bertz CT molecular complexity index is 1310. The molecule has 4 fully saturated rings. The quantitative estimate of drug-likeness (QED) is 0.307. The van der Waals surface area contributed by atoms with Crippen molar-refractivity contribution in [2.45, 2.75) is 96.9 Å². The Labute approximate surface area is 232 Å². The van der Waals surface area contributed by atoms with E-state index < -0.39 is 81.7 Å². The first-order valence-electron chi connectivity index (χ1n) is 13.8. The van der Waals surface area contributed by atoms with Crippen molar-refractivity contribution in [3.63, 3.8) is 0 Å². The van der Waals surface area contributed by atoms with Crippen LogP contribution in [0.25, 0.3) is 0 Å². The zero-order valence-electron chi connectivity index (χ0n) is 23.8. The van der Waals surface area contributed by atoms with E-state index in [1.165, 1.54) is 26.2 Å². The van der Waals surface area contributed by atoms with Crippen LogP contribution in [0.2, 0.25) is 0 Å². The average molecular weight is 557 g/mol. The molecule has 4 heterocycles. The molecule has 0 amide bonds. The highest BCUT2D eigenvalue weighted by Crippen LogP contribution is 2.79. The van der Waals surface area contributed by atoms with Crippen molar-refractivity contribution >= 4 is 23.9 Å². The van der Waals surface area contributed by atoms with Crippen LogP contribution in [0.4, 0.5) is 0 Å². The lowest BCUT2D eigenvalue weighted by Crippen LogP contribution is -2.76. The molecule has 10 nitrogen and oxygen atoms in total. The molecule has 10 atom stereocenters. The molecule has 10 unspecified atom stereocenters. The molecular formula is C30H36O10. The summed E-state index contributed by atoms with van der Waals surface area (Å²) in [5.41, 5.74) is -4.07. The minimum absolute atomic E-state index is 0.264. The fourth-order valence-corrected chi connectivity index (χ4v) is 9.62. The van der Waals surface area contributed by atoms with Crippen molar-refractivity contribution in [3.8, 4) is 0 Å². The van der Waals surface area contributed by atoms with Crippen molar-refractivity contribution < 1.29 is 47.3 Å². The molecule has 1 aromatic rings. The number of rotatable bonds is 3. The second-order valence-corrected chi connectivity index (χ2v) is 13.2. The number of esters is 4. The number of furan rings is 1. The van der Waals surface area contributed by atoms with E-state index in [1.807, 2.05) is 26.8 Å². The van der Waals surface area contributed by atoms with Crippen molar-refractivity contribution in [1.82, 2.24) is 0 Å². The minimum atomic E-state index is -1.12. The van der Waals surface area contributed by atoms with Gasteiger partial charge in [0.25, 0.3) is 0 Å². The van der Waals surface area contributed by atoms with Crippen molar-refractivity contribution in [2.24, 2.45) is 28.1 Å². The second-order valence-electron chi connectivity index (χ2n) is 13.2. The van der Waals surface area contributed by atoms with Gasteiger partial charge in [-0.1, -0.05) is 26.8 Å². The Balaban J connectivity index is 1.62. The summed E-state index contributed by atoms with van der Waals surface area (Å²) in [4.78, 5) is 51.6. The van der Waals surface area contributed by atoms with Gasteiger partial charge in [-0.3, -0.25) is 9.59 Å². The number of hydrogen-bond acceptors (Lipinski definition) is 10. The molecule has 40 heavy (non-hydrogen) atoms. The maximum atomic E-state index is 13.5. The summed E-state index contributed by atoms with van der Waals surface area (Å²) in [6.07, 6.45) is 4.03. The normalized spacial score (nSPS) is 46.3. The van der Waals surface area contributed by atoms with E-state index in [-0.39, 0.29) is 5.92 Å². The third kappa shape index (κ3) is 3.19. The third-order valence-corrected chi connectivity index (χ3v) is 10.7. The summed E-state index contributed by atoms with van der Waals surface area (Å²) < 4.78 is 36.0. The van der Waals surface area contributed by atoms with Crippen LogP contribution in [0.3, 0.4) is 0 Å². The summed E-state index contributed by atoms with van der Waals surface area (Å²) in [6.45, 7) is 12.2. The molecule has 6 rings (SSSR count). The predicted octanol–water partition coefficient (Wildman–Crippen LogP) is 3.83. The molecule has 0 radical (unpaired) electrons. The van der Waals surface area contributed by atoms with Gasteiger partial charge < -0.3 is 28.1 Å². The lowest BCUT2D eigenvalue weighted by atomic mass is 9.36. The number of fused-ring (bicyclic) bond motifs is 3. The third-order valence-electron chi connectivity index (χ3n) is 10.7. The first-order chi connectivity index (χ1) is 18.6. The molecule has 1 spiro atoms. The molecule has 3 aliphatic heterocycles. The highest BCUT2D eigenvalue weighted by atomic mass is 16.7. The second kappa shape index (κ2) is 8.21. The maximum absolute atomic E-state index is 13.5. The fraction of sp³-hybridized carbons (Fsp3) is 0.667. The molecule has 0 N–H and O–H groups in total. The minimum Gasteiger partial charge on any atom is -0.472 e. The van der Waals surface area contributed by atoms with Crippen LogP contribution in [0.15, 0.2) is 35.2 Å². The van der Waals surface area contributed by atoms with Crippen LogP contribution in [-0.2, 0) is 42.9 Å². The van der Waals surface area contributed by atoms with Gasteiger partial charge in [-0.05, 0) is 44.1 Å². The molecule has 1 aromatic heterocycles. The smallest absolute Gasteiger partial charge is 0.339 e. The van der Waals surface area contributed by atoms with Gasteiger partial charge >= 0.3 is 23.9 Å². The van der Waals surface area contributed by atoms with E-state index in [0.29, 0.717) is 18.4 Å². The van der Waals surface area contributed by atoms with Crippen LogP contribution < -0.4 is 0 Å². The number of epoxide rings is 1. The van der Waals surface area contributed by atoms with Gasteiger partial charge in [0.1, 0.15) is 29.5 Å². The maximum Gasteiger partial charge on any atom is 0.339 e. The van der Waals surface area contributed by atoms with Gasteiger partial charge in [0.2, 0.25) is 0 Å². The van der Waals surface area contributed by atoms with Crippen LogP contribution in [0, 0.1) is 28.1 Å². The highest BCUT2D eigenvalue weighted by Gasteiger charge is 2.89. The number of cyclic esters (lactones) is 2. The zero-order valence-corrected chi connectivity index (χ0v) is 23.8. The Morgan fingerprint density at radius 1 is 1.00 bits per heavy atom. The molecule has 216 valence electrons. The van der Waals surface area contributed by atoms with Gasteiger partial charge in [-0.2, -0.15) is 0 Å². The number of ether oxygens (including phenoxy) is 5. The predicted molar refractivity (Wildman–Crippen MR) is 136 cm³/mol. The molecule has 2 saturated heterocycles. The largest absolute Gasteiger partial charge is 0.472 e. The summed E-state index contributed by atoms with van der Waals surface area (Å²) in [5.74, 6) is -2.97. The molecule has 10 heteroatoms. The average Bonchev–Trinajstić information content (AvgIpc) is 3.43. The van der Waals surface area contributed by atoms with Gasteiger partial charge in [0, 0.05) is 42.2 Å². The summed E-state index contributed by atoms with van der Waals surface area (Å²) in [7, 11) is 0. The summed E-state index contributed by atoms with van der Waals surface area (Å²) >= 11 is 0. The Kier molecular flexibility index (Phi) is 5.55. The highest BCUT2D eigenvalue weighted by molar-refractivity contribution is 5.84. The topological polar surface area (TPSA) is 131 Å². The van der Waals surface area contributed by atoms with Crippen LogP contribution in [0.1, 0.15) is 73.0 Å². The number of carbonyl (C=O) groups excluding carboxylic acids is 4. The molecule has 5 aliphatic rings. The number of allylic oxidation sites excluding steroid dienone is 1. The lowest BCUT2D eigenvalue weighted by Gasteiger charge is -2.68. The first kappa shape index (κ1) is 27.1. The SMILES string of the molecule is CC(=O)OC1C2C(C)(C)OC(=O)C=CC2(C)C2CCC3(C)C(c4ccoc4)OC(=O)C4OC43C2(C)C1OC(C)=O. The van der Waals surface area contributed by atoms with Crippen LogP contribution >= 0.6 is 0 Å².